The summed E-state index contributed by atoms with van der Waals surface area (Å²) in [5.41, 5.74) is 0.504. The van der Waals surface area contributed by atoms with Crippen molar-refractivity contribution < 1.29 is 19.1 Å². The van der Waals surface area contributed by atoms with E-state index in [1.54, 1.807) is 50.3 Å². The lowest BCUT2D eigenvalue weighted by atomic mass is 10.0. The zero-order chi connectivity index (χ0) is 19.0. The van der Waals surface area contributed by atoms with Gasteiger partial charge in [0.05, 0.1) is 6.61 Å². The molecule has 26 heavy (non-hydrogen) atoms. The third-order valence-electron chi connectivity index (χ3n) is 4.09. The van der Waals surface area contributed by atoms with Gasteiger partial charge in [-0.2, -0.15) is 0 Å². The third-order valence-corrected chi connectivity index (χ3v) is 4.09. The molecule has 0 spiro atoms. The Bertz CT molecular complexity index is 762. The van der Waals surface area contributed by atoms with Crippen LogP contribution < -0.4 is 4.74 Å². The van der Waals surface area contributed by atoms with Crippen molar-refractivity contribution in [1.82, 2.24) is 0 Å². The Morgan fingerprint density at radius 1 is 1.00 bits per heavy atom. The van der Waals surface area contributed by atoms with Gasteiger partial charge in [-0.05, 0) is 44.0 Å². The Balaban J connectivity index is 2.05. The number of esters is 1. The van der Waals surface area contributed by atoms with E-state index >= 15 is 0 Å². The van der Waals surface area contributed by atoms with Crippen LogP contribution in [-0.4, -0.2) is 24.0 Å². The second-order valence-electron chi connectivity index (χ2n) is 6.04. The molecule has 136 valence electrons. The fourth-order valence-corrected chi connectivity index (χ4v) is 2.32. The van der Waals surface area contributed by atoms with E-state index in [1.165, 1.54) is 0 Å². The maximum atomic E-state index is 12.1. The van der Waals surface area contributed by atoms with E-state index in [1.807, 2.05) is 37.3 Å². The fourth-order valence-electron chi connectivity index (χ4n) is 2.32. The monoisotopic (exact) mass is 352 g/mol. The Hall–Kier alpha value is -2.88. The van der Waals surface area contributed by atoms with Crippen molar-refractivity contribution in [2.45, 2.75) is 32.8 Å². The van der Waals surface area contributed by atoms with E-state index < -0.39 is 5.60 Å². The molecule has 2 aromatic rings. The molecule has 2 aromatic carbocycles. The predicted molar refractivity (Wildman–Crippen MR) is 102 cm³/mol. The van der Waals surface area contributed by atoms with Gasteiger partial charge in [0.1, 0.15) is 5.75 Å². The summed E-state index contributed by atoms with van der Waals surface area (Å²) in [6, 6.07) is 16.3. The van der Waals surface area contributed by atoms with Crippen LogP contribution >= 0.6 is 0 Å². The first-order chi connectivity index (χ1) is 12.5. The Kier molecular flexibility index (Phi) is 6.73. The van der Waals surface area contributed by atoms with Crippen LogP contribution in [-0.2, 0) is 9.53 Å². The van der Waals surface area contributed by atoms with E-state index in [9.17, 15) is 9.59 Å². The molecular weight excluding hydrogens is 328 g/mol. The highest BCUT2D eigenvalue weighted by Crippen LogP contribution is 2.23. The minimum Gasteiger partial charge on any atom is -0.476 e. The van der Waals surface area contributed by atoms with Gasteiger partial charge in [-0.25, -0.2) is 4.79 Å². The SMILES string of the molecule is CCOC(=O)C(C)(CC)Oc1ccc(/C=C/C(=O)c2ccccc2)cc1. The summed E-state index contributed by atoms with van der Waals surface area (Å²) in [6.45, 7) is 5.68. The van der Waals surface area contributed by atoms with Gasteiger partial charge in [-0.3, -0.25) is 4.79 Å². The number of carbonyl (C=O) groups is 2. The molecule has 0 radical (unpaired) electrons. The van der Waals surface area contributed by atoms with Crippen LogP contribution in [0.15, 0.2) is 60.7 Å². The van der Waals surface area contributed by atoms with Crippen molar-refractivity contribution in [2.75, 3.05) is 6.61 Å². The van der Waals surface area contributed by atoms with Gasteiger partial charge in [0, 0.05) is 5.56 Å². The number of hydrogen-bond acceptors (Lipinski definition) is 4. The molecule has 4 heteroatoms. The molecule has 0 saturated carbocycles. The van der Waals surface area contributed by atoms with Crippen molar-refractivity contribution in [1.29, 1.82) is 0 Å². The summed E-state index contributed by atoms with van der Waals surface area (Å²) in [5, 5.41) is 0. The molecule has 0 N–H and O–H groups in total. The lowest BCUT2D eigenvalue weighted by Gasteiger charge is -2.27. The van der Waals surface area contributed by atoms with Crippen LogP contribution in [0.1, 0.15) is 43.1 Å². The topological polar surface area (TPSA) is 52.6 Å². The number of ether oxygens (including phenoxy) is 2. The summed E-state index contributed by atoms with van der Waals surface area (Å²) in [7, 11) is 0. The van der Waals surface area contributed by atoms with Gasteiger partial charge in [0.2, 0.25) is 5.60 Å². The molecule has 0 saturated heterocycles. The van der Waals surface area contributed by atoms with Gasteiger partial charge in [-0.1, -0.05) is 55.5 Å². The van der Waals surface area contributed by atoms with Crippen molar-refractivity contribution >= 4 is 17.8 Å². The average Bonchev–Trinajstić information content (AvgIpc) is 2.68. The molecule has 1 unspecified atom stereocenters. The largest absolute Gasteiger partial charge is 0.476 e. The van der Waals surface area contributed by atoms with Crippen LogP contribution in [0, 0.1) is 0 Å². The van der Waals surface area contributed by atoms with Crippen molar-refractivity contribution in [3.05, 3.63) is 71.8 Å². The lowest BCUT2D eigenvalue weighted by molar-refractivity contribution is -0.160. The number of carbonyl (C=O) groups excluding carboxylic acids is 2. The molecule has 0 aliphatic carbocycles. The molecule has 0 heterocycles. The highest BCUT2D eigenvalue weighted by molar-refractivity contribution is 6.06. The summed E-state index contributed by atoms with van der Waals surface area (Å²) in [5.74, 6) is 0.153. The Morgan fingerprint density at radius 3 is 2.23 bits per heavy atom. The van der Waals surface area contributed by atoms with Crippen LogP contribution in [0.25, 0.3) is 6.08 Å². The third kappa shape index (κ3) is 5.06. The quantitative estimate of drug-likeness (QED) is 0.393. The summed E-state index contributed by atoms with van der Waals surface area (Å²) < 4.78 is 10.9. The highest BCUT2D eigenvalue weighted by atomic mass is 16.6. The van der Waals surface area contributed by atoms with E-state index in [0.29, 0.717) is 24.3 Å². The normalized spacial score (nSPS) is 13.2. The predicted octanol–water partition coefficient (Wildman–Crippen LogP) is 4.69. The van der Waals surface area contributed by atoms with Gasteiger partial charge >= 0.3 is 5.97 Å². The van der Waals surface area contributed by atoms with E-state index in [4.69, 9.17) is 9.47 Å². The molecule has 0 aromatic heterocycles. The standard InChI is InChI=1S/C22H24O4/c1-4-22(3,21(24)25-5-2)26-19-14-11-17(12-15-19)13-16-20(23)18-9-7-6-8-10-18/h6-16H,4-5H2,1-3H3/b16-13+. The van der Waals surface area contributed by atoms with Crippen LogP contribution in [0.3, 0.4) is 0 Å². The molecule has 0 bridgehead atoms. The number of ketones is 1. The first-order valence-corrected chi connectivity index (χ1v) is 8.72. The number of rotatable bonds is 8. The summed E-state index contributed by atoms with van der Waals surface area (Å²) >= 11 is 0. The smallest absolute Gasteiger partial charge is 0.350 e. The minimum absolute atomic E-state index is 0.0493. The maximum absolute atomic E-state index is 12.1. The molecule has 4 nitrogen and oxygen atoms in total. The number of benzene rings is 2. The second kappa shape index (κ2) is 8.99. The fraction of sp³-hybridized carbons (Fsp3) is 0.273. The van der Waals surface area contributed by atoms with Crippen molar-refractivity contribution in [2.24, 2.45) is 0 Å². The van der Waals surface area contributed by atoms with E-state index in [-0.39, 0.29) is 11.8 Å². The number of allylic oxidation sites excluding steroid dienone is 1. The van der Waals surface area contributed by atoms with Crippen LogP contribution in [0.4, 0.5) is 0 Å². The van der Waals surface area contributed by atoms with E-state index in [0.717, 1.165) is 5.56 Å². The molecule has 1 atom stereocenters. The summed E-state index contributed by atoms with van der Waals surface area (Å²) in [6.07, 6.45) is 3.79. The zero-order valence-corrected chi connectivity index (χ0v) is 15.4. The molecule has 2 rings (SSSR count). The van der Waals surface area contributed by atoms with Gasteiger partial charge in [0.25, 0.3) is 0 Å². The van der Waals surface area contributed by atoms with Crippen LogP contribution in [0.2, 0.25) is 0 Å². The first kappa shape index (κ1) is 19.4. The van der Waals surface area contributed by atoms with Crippen molar-refractivity contribution in [3.63, 3.8) is 0 Å². The lowest BCUT2D eigenvalue weighted by Crippen LogP contribution is -2.42. The summed E-state index contributed by atoms with van der Waals surface area (Å²) in [4.78, 5) is 24.2. The highest BCUT2D eigenvalue weighted by Gasteiger charge is 2.35. The van der Waals surface area contributed by atoms with Gasteiger partial charge in [0.15, 0.2) is 5.78 Å². The van der Waals surface area contributed by atoms with Crippen LogP contribution in [0.5, 0.6) is 5.75 Å². The van der Waals surface area contributed by atoms with Crippen molar-refractivity contribution in [3.8, 4) is 5.75 Å². The zero-order valence-electron chi connectivity index (χ0n) is 15.4. The molecule has 0 fully saturated rings. The molecule has 0 amide bonds. The minimum atomic E-state index is -1.02. The number of hydrogen-bond donors (Lipinski definition) is 0. The second-order valence-corrected chi connectivity index (χ2v) is 6.04. The first-order valence-electron chi connectivity index (χ1n) is 8.72. The molecule has 0 aliphatic rings. The van der Waals surface area contributed by atoms with Gasteiger partial charge < -0.3 is 9.47 Å². The Labute approximate surface area is 154 Å². The van der Waals surface area contributed by atoms with Gasteiger partial charge in [-0.15, -0.1) is 0 Å². The van der Waals surface area contributed by atoms with E-state index in [2.05, 4.69) is 0 Å². The molecule has 0 aliphatic heterocycles. The maximum Gasteiger partial charge on any atom is 0.350 e. The molecular formula is C22H24O4. The average molecular weight is 352 g/mol. The Morgan fingerprint density at radius 2 is 1.65 bits per heavy atom.